The van der Waals surface area contributed by atoms with Crippen molar-refractivity contribution < 1.29 is 9.90 Å². The Morgan fingerprint density at radius 3 is 3.06 bits per heavy atom. The van der Waals surface area contributed by atoms with Gasteiger partial charge in [0.15, 0.2) is 5.69 Å². The van der Waals surface area contributed by atoms with Crippen molar-refractivity contribution in [3.63, 3.8) is 0 Å². The molecular formula is C12H13N3O2. The van der Waals surface area contributed by atoms with Crippen molar-refractivity contribution in [2.45, 2.75) is 12.5 Å². The van der Waals surface area contributed by atoms with Gasteiger partial charge in [-0.2, -0.15) is 0 Å². The van der Waals surface area contributed by atoms with Crippen LogP contribution < -0.4 is 5.32 Å². The largest absolute Gasteiger partial charge is 0.391 e. The first kappa shape index (κ1) is 11.4. The Morgan fingerprint density at radius 1 is 1.59 bits per heavy atom. The minimum absolute atomic E-state index is 0.233. The predicted octanol–water partition coefficient (Wildman–Crippen LogP) is 1.84. The van der Waals surface area contributed by atoms with Crippen LogP contribution in [0.4, 0.5) is 16.2 Å². The van der Waals surface area contributed by atoms with Crippen molar-refractivity contribution in [1.82, 2.24) is 4.90 Å². The number of carbonyl (C=O) groups is 1. The molecule has 1 aliphatic rings. The summed E-state index contributed by atoms with van der Waals surface area (Å²) in [6, 6.07) is 6.53. The van der Waals surface area contributed by atoms with Gasteiger partial charge in [0.25, 0.3) is 0 Å². The fourth-order valence-electron chi connectivity index (χ4n) is 1.78. The average molecular weight is 231 g/mol. The zero-order chi connectivity index (χ0) is 12.3. The number of likely N-dealkylation sites (tertiary alicyclic amines) is 1. The second-order valence-corrected chi connectivity index (χ2v) is 3.98. The van der Waals surface area contributed by atoms with E-state index in [0.29, 0.717) is 30.9 Å². The molecule has 0 aromatic heterocycles. The highest BCUT2D eigenvalue weighted by atomic mass is 16.3. The van der Waals surface area contributed by atoms with Gasteiger partial charge in [-0.1, -0.05) is 12.1 Å². The monoisotopic (exact) mass is 231 g/mol. The van der Waals surface area contributed by atoms with Crippen molar-refractivity contribution >= 4 is 17.4 Å². The van der Waals surface area contributed by atoms with Crippen LogP contribution >= 0.6 is 0 Å². The Kier molecular flexibility index (Phi) is 3.26. The molecule has 2 amide bonds. The number of rotatable bonds is 1. The predicted molar refractivity (Wildman–Crippen MR) is 63.9 cm³/mol. The molecule has 0 bridgehead atoms. The SMILES string of the molecule is [C-]#[N+]c1cccc(NC(=O)N2CC[C@@H](O)C2)c1. The lowest BCUT2D eigenvalue weighted by Gasteiger charge is -2.16. The van der Waals surface area contributed by atoms with E-state index in [9.17, 15) is 9.90 Å². The Morgan fingerprint density at radius 2 is 2.41 bits per heavy atom. The molecule has 2 N–H and O–H groups in total. The summed E-state index contributed by atoms with van der Waals surface area (Å²) >= 11 is 0. The van der Waals surface area contributed by atoms with E-state index in [1.54, 1.807) is 29.2 Å². The van der Waals surface area contributed by atoms with E-state index < -0.39 is 6.10 Å². The maximum atomic E-state index is 11.8. The summed E-state index contributed by atoms with van der Waals surface area (Å²) < 4.78 is 0. The van der Waals surface area contributed by atoms with Crippen LogP contribution in [-0.2, 0) is 0 Å². The van der Waals surface area contributed by atoms with E-state index in [1.165, 1.54) is 0 Å². The van der Waals surface area contributed by atoms with Crippen molar-refractivity contribution in [1.29, 1.82) is 0 Å². The van der Waals surface area contributed by atoms with E-state index in [1.807, 2.05) is 0 Å². The average Bonchev–Trinajstić information content (AvgIpc) is 2.76. The number of benzene rings is 1. The number of anilines is 1. The molecule has 0 unspecified atom stereocenters. The summed E-state index contributed by atoms with van der Waals surface area (Å²) in [4.78, 5) is 16.6. The molecule has 0 radical (unpaired) electrons. The van der Waals surface area contributed by atoms with E-state index in [4.69, 9.17) is 6.57 Å². The molecule has 0 saturated carbocycles. The summed E-state index contributed by atoms with van der Waals surface area (Å²) in [5.41, 5.74) is 1.09. The van der Waals surface area contributed by atoms with Gasteiger partial charge in [0.1, 0.15) is 0 Å². The van der Waals surface area contributed by atoms with Crippen LogP contribution in [-0.4, -0.2) is 35.2 Å². The Hall–Kier alpha value is -2.06. The lowest BCUT2D eigenvalue weighted by Crippen LogP contribution is -2.33. The summed E-state index contributed by atoms with van der Waals surface area (Å²) in [6.45, 7) is 7.82. The molecule has 5 nitrogen and oxygen atoms in total. The molecule has 1 fully saturated rings. The van der Waals surface area contributed by atoms with Crippen LogP contribution in [0, 0.1) is 6.57 Å². The van der Waals surface area contributed by atoms with Crippen LogP contribution in [0.25, 0.3) is 4.85 Å². The van der Waals surface area contributed by atoms with E-state index in [-0.39, 0.29) is 6.03 Å². The number of β-amino-alcohol motifs (C(OH)–C–C–N with tert-alkyl or cyclic N) is 1. The first-order valence-corrected chi connectivity index (χ1v) is 5.40. The maximum Gasteiger partial charge on any atom is 0.321 e. The highest BCUT2D eigenvalue weighted by molar-refractivity contribution is 5.90. The Bertz CT molecular complexity index is 467. The van der Waals surface area contributed by atoms with Crippen LogP contribution in [0.1, 0.15) is 6.42 Å². The van der Waals surface area contributed by atoms with E-state index in [2.05, 4.69) is 10.2 Å². The number of nitrogens with zero attached hydrogens (tertiary/aromatic N) is 2. The summed E-state index contributed by atoms with van der Waals surface area (Å²) in [5.74, 6) is 0. The van der Waals surface area contributed by atoms with Crippen molar-refractivity contribution in [3.05, 3.63) is 35.7 Å². The van der Waals surface area contributed by atoms with E-state index in [0.717, 1.165) is 0 Å². The number of aliphatic hydroxyl groups is 1. The molecule has 88 valence electrons. The summed E-state index contributed by atoms with van der Waals surface area (Å²) in [6.07, 6.45) is 0.200. The maximum absolute atomic E-state index is 11.8. The molecule has 0 spiro atoms. The van der Waals surface area contributed by atoms with Gasteiger partial charge in [0.2, 0.25) is 0 Å². The molecule has 1 aromatic rings. The number of aliphatic hydroxyl groups excluding tert-OH is 1. The standard InChI is InChI=1S/C12H13N3O2/c1-13-9-3-2-4-10(7-9)14-12(17)15-6-5-11(16)8-15/h2-4,7,11,16H,5-6,8H2,(H,14,17)/t11-/m1/s1. The third kappa shape index (κ3) is 2.74. The summed E-state index contributed by atoms with van der Waals surface area (Å²) in [7, 11) is 0. The number of urea groups is 1. The lowest BCUT2D eigenvalue weighted by atomic mass is 10.3. The first-order valence-electron chi connectivity index (χ1n) is 5.40. The van der Waals surface area contributed by atoms with Crippen molar-refractivity contribution in [3.8, 4) is 0 Å². The van der Waals surface area contributed by atoms with Crippen molar-refractivity contribution in [2.75, 3.05) is 18.4 Å². The minimum atomic E-state index is -0.421. The highest BCUT2D eigenvalue weighted by Crippen LogP contribution is 2.18. The fourth-order valence-corrected chi connectivity index (χ4v) is 1.78. The summed E-state index contributed by atoms with van der Waals surface area (Å²) in [5, 5.41) is 12.0. The number of hydrogen-bond acceptors (Lipinski definition) is 2. The van der Waals surface area contributed by atoms with Gasteiger partial charge in [-0.15, -0.1) is 0 Å². The second-order valence-electron chi connectivity index (χ2n) is 3.98. The normalized spacial score (nSPS) is 18.8. The van der Waals surface area contributed by atoms with Crippen LogP contribution in [0.2, 0.25) is 0 Å². The molecule has 5 heteroatoms. The smallest absolute Gasteiger partial charge is 0.321 e. The van der Waals surface area contributed by atoms with Crippen LogP contribution in [0.3, 0.4) is 0 Å². The highest BCUT2D eigenvalue weighted by Gasteiger charge is 2.24. The molecule has 1 atom stereocenters. The molecule has 0 aliphatic carbocycles. The van der Waals surface area contributed by atoms with Gasteiger partial charge >= 0.3 is 6.03 Å². The fraction of sp³-hybridized carbons (Fsp3) is 0.333. The zero-order valence-corrected chi connectivity index (χ0v) is 9.26. The zero-order valence-electron chi connectivity index (χ0n) is 9.26. The number of carbonyl (C=O) groups excluding carboxylic acids is 1. The molecule has 1 aliphatic heterocycles. The van der Waals surface area contributed by atoms with Gasteiger partial charge in [0, 0.05) is 18.8 Å². The van der Waals surface area contributed by atoms with Crippen LogP contribution in [0.15, 0.2) is 24.3 Å². The minimum Gasteiger partial charge on any atom is -0.391 e. The van der Waals surface area contributed by atoms with E-state index >= 15 is 0 Å². The quantitative estimate of drug-likeness (QED) is 0.724. The number of amides is 2. The van der Waals surface area contributed by atoms with Crippen LogP contribution in [0.5, 0.6) is 0 Å². The number of nitrogens with one attached hydrogen (secondary N) is 1. The molecular weight excluding hydrogens is 218 g/mol. The van der Waals surface area contributed by atoms with Crippen molar-refractivity contribution in [2.24, 2.45) is 0 Å². The van der Waals surface area contributed by atoms with Gasteiger partial charge in [-0.3, -0.25) is 0 Å². The molecule has 1 heterocycles. The molecule has 1 saturated heterocycles. The third-order valence-corrected chi connectivity index (χ3v) is 2.68. The lowest BCUT2D eigenvalue weighted by molar-refractivity contribution is 0.176. The molecule has 17 heavy (non-hydrogen) atoms. The van der Waals surface area contributed by atoms with Gasteiger partial charge in [0.05, 0.1) is 12.7 Å². The molecule has 2 rings (SSSR count). The Labute approximate surface area is 99.5 Å². The van der Waals surface area contributed by atoms with Gasteiger partial charge in [-0.25, -0.2) is 9.64 Å². The molecule has 1 aromatic carbocycles. The second kappa shape index (κ2) is 4.85. The topological polar surface area (TPSA) is 56.9 Å². The Balaban J connectivity index is 2.01. The third-order valence-electron chi connectivity index (χ3n) is 2.68. The number of hydrogen-bond donors (Lipinski definition) is 2. The van der Waals surface area contributed by atoms with Gasteiger partial charge in [-0.05, 0) is 18.6 Å². The first-order chi connectivity index (χ1) is 8.19. The van der Waals surface area contributed by atoms with Gasteiger partial charge < -0.3 is 15.3 Å².